The topological polar surface area (TPSA) is 101 Å². The van der Waals surface area contributed by atoms with E-state index in [9.17, 15) is 4.79 Å². The van der Waals surface area contributed by atoms with Crippen LogP contribution in [0, 0.1) is 5.41 Å². The Morgan fingerprint density at radius 2 is 1.62 bits per heavy atom. The van der Waals surface area contributed by atoms with Crippen molar-refractivity contribution in [1.29, 1.82) is 5.41 Å². The molecule has 0 heterocycles. The van der Waals surface area contributed by atoms with Crippen LogP contribution in [0.15, 0.2) is 12.1 Å². The normalized spacial score (nSPS) is 9.76. The number of anilines is 1. The smallest absolute Gasteiger partial charge is 0.331 e. The number of carbonyl (C=O) groups is 1. The van der Waals surface area contributed by atoms with Crippen molar-refractivity contribution < 1.29 is 19.0 Å². The Labute approximate surface area is 123 Å². The molecule has 0 fully saturated rings. The van der Waals surface area contributed by atoms with Crippen LogP contribution in [0.4, 0.5) is 10.5 Å². The summed E-state index contributed by atoms with van der Waals surface area (Å²) in [5, 5.41) is 7.69. The summed E-state index contributed by atoms with van der Waals surface area (Å²) in [5.74, 6) is 0.518. The van der Waals surface area contributed by atoms with Gasteiger partial charge in [-0.05, 0) is 12.1 Å². The van der Waals surface area contributed by atoms with E-state index in [-0.39, 0.29) is 11.4 Å². The predicted octanol–water partition coefficient (Wildman–Crippen LogP) is 1.09. The Morgan fingerprint density at radius 3 is 2.00 bits per heavy atom. The summed E-state index contributed by atoms with van der Waals surface area (Å²) < 4.78 is 15.8. The molecule has 1 aromatic rings. The third-order valence-electron chi connectivity index (χ3n) is 2.74. The van der Waals surface area contributed by atoms with Crippen molar-refractivity contribution in [2.24, 2.45) is 5.73 Å². The zero-order valence-electron chi connectivity index (χ0n) is 12.8. The van der Waals surface area contributed by atoms with Gasteiger partial charge in [0.1, 0.15) is 11.4 Å². The van der Waals surface area contributed by atoms with E-state index in [1.807, 2.05) is 0 Å². The lowest BCUT2D eigenvalue weighted by atomic mass is 10.2. The van der Waals surface area contributed by atoms with Crippen LogP contribution in [0.25, 0.3) is 0 Å². The Hall–Kier alpha value is -2.64. The highest BCUT2D eigenvalue weighted by atomic mass is 16.5. The SMILES string of the molecule is COc1ccc(OC)c(N(C(=N)N)C(=O)N(C)C)c1OC. The van der Waals surface area contributed by atoms with Crippen molar-refractivity contribution in [2.45, 2.75) is 0 Å². The highest BCUT2D eigenvalue weighted by molar-refractivity contribution is 6.15. The fraction of sp³-hybridized carbons (Fsp3) is 0.385. The molecule has 0 aliphatic heterocycles. The van der Waals surface area contributed by atoms with Crippen LogP contribution >= 0.6 is 0 Å². The molecule has 116 valence electrons. The van der Waals surface area contributed by atoms with Crippen molar-refractivity contribution in [2.75, 3.05) is 40.3 Å². The molecule has 0 saturated carbocycles. The second-order valence-corrected chi connectivity index (χ2v) is 4.25. The standard InChI is InChI=1S/C13H20N4O4/c1-16(2)13(18)17(12(14)15)10-8(19-3)6-7-9(20-4)11(10)21-5/h6-7H,1-5H3,(H3,14,15). The molecule has 8 heteroatoms. The first kappa shape index (κ1) is 16.4. The van der Waals surface area contributed by atoms with Gasteiger partial charge in [0, 0.05) is 14.1 Å². The molecule has 8 nitrogen and oxygen atoms in total. The first-order valence-corrected chi connectivity index (χ1v) is 6.03. The molecule has 0 spiro atoms. The van der Waals surface area contributed by atoms with Crippen molar-refractivity contribution in [3.63, 3.8) is 0 Å². The van der Waals surface area contributed by atoms with Gasteiger partial charge in [-0.3, -0.25) is 5.41 Å². The number of ether oxygens (including phenoxy) is 3. The zero-order chi connectivity index (χ0) is 16.2. The molecule has 0 aliphatic carbocycles. The maximum absolute atomic E-state index is 12.3. The summed E-state index contributed by atoms with van der Waals surface area (Å²) in [7, 11) is 7.46. The minimum atomic E-state index is -0.507. The molecule has 0 radical (unpaired) electrons. The van der Waals surface area contributed by atoms with E-state index in [2.05, 4.69) is 0 Å². The third-order valence-corrected chi connectivity index (χ3v) is 2.74. The van der Waals surface area contributed by atoms with Gasteiger partial charge in [-0.15, -0.1) is 0 Å². The van der Waals surface area contributed by atoms with Gasteiger partial charge < -0.3 is 24.8 Å². The number of nitrogens with two attached hydrogens (primary N) is 1. The van der Waals surface area contributed by atoms with Gasteiger partial charge in [0.15, 0.2) is 11.5 Å². The van der Waals surface area contributed by atoms with Crippen LogP contribution in [0.3, 0.4) is 0 Å². The van der Waals surface area contributed by atoms with Crippen LogP contribution in [0.1, 0.15) is 0 Å². The summed E-state index contributed by atoms with van der Waals surface area (Å²) >= 11 is 0. The quantitative estimate of drug-likeness (QED) is 0.640. The Bertz CT molecular complexity index is 545. The van der Waals surface area contributed by atoms with Crippen molar-refractivity contribution in [1.82, 2.24) is 4.90 Å². The minimum absolute atomic E-state index is 0.213. The highest BCUT2D eigenvalue weighted by Crippen LogP contribution is 2.44. The number of benzene rings is 1. The summed E-state index contributed by atoms with van der Waals surface area (Å²) in [6, 6.07) is 2.74. The number of hydrogen-bond donors (Lipinski definition) is 2. The zero-order valence-corrected chi connectivity index (χ0v) is 12.8. The summed E-state index contributed by atoms with van der Waals surface area (Å²) in [4.78, 5) is 14.6. The Kier molecular flexibility index (Phi) is 5.23. The van der Waals surface area contributed by atoms with Crippen LogP contribution in [0.5, 0.6) is 17.2 Å². The highest BCUT2D eigenvalue weighted by Gasteiger charge is 2.29. The number of rotatable bonds is 4. The summed E-state index contributed by atoms with van der Waals surface area (Å²) in [6.07, 6.45) is 0. The Morgan fingerprint density at radius 1 is 1.10 bits per heavy atom. The first-order chi connectivity index (χ1) is 9.88. The van der Waals surface area contributed by atoms with Gasteiger partial charge in [0.2, 0.25) is 5.96 Å². The monoisotopic (exact) mass is 296 g/mol. The average Bonchev–Trinajstić information content (AvgIpc) is 2.45. The number of nitrogens with zero attached hydrogens (tertiary/aromatic N) is 2. The van der Waals surface area contributed by atoms with Crippen LogP contribution < -0.4 is 24.8 Å². The van der Waals surface area contributed by atoms with Crippen LogP contribution in [-0.2, 0) is 0 Å². The van der Waals surface area contributed by atoms with Crippen molar-refractivity contribution in [3.8, 4) is 17.2 Å². The molecule has 2 amide bonds. The number of nitrogens with one attached hydrogen (secondary N) is 1. The number of guanidine groups is 1. The van der Waals surface area contributed by atoms with Gasteiger partial charge >= 0.3 is 6.03 Å². The number of methoxy groups -OCH3 is 3. The molecule has 21 heavy (non-hydrogen) atoms. The molecule has 0 saturated heterocycles. The second-order valence-electron chi connectivity index (χ2n) is 4.25. The molecule has 0 unspecified atom stereocenters. The molecule has 1 aromatic carbocycles. The van der Waals surface area contributed by atoms with Gasteiger partial charge in [-0.2, -0.15) is 0 Å². The maximum Gasteiger partial charge on any atom is 0.331 e. The number of amides is 2. The largest absolute Gasteiger partial charge is 0.494 e. The van der Waals surface area contributed by atoms with Crippen molar-refractivity contribution in [3.05, 3.63) is 12.1 Å². The second kappa shape index (κ2) is 6.69. The molecule has 0 atom stereocenters. The molecule has 0 bridgehead atoms. The van der Waals surface area contributed by atoms with E-state index in [0.29, 0.717) is 11.5 Å². The maximum atomic E-state index is 12.3. The van der Waals surface area contributed by atoms with E-state index in [0.717, 1.165) is 4.90 Å². The Balaban J connectivity index is 3.62. The van der Waals surface area contributed by atoms with Gasteiger partial charge in [-0.25, -0.2) is 9.69 Å². The van der Waals surface area contributed by atoms with E-state index in [4.69, 9.17) is 25.4 Å². The average molecular weight is 296 g/mol. The third kappa shape index (κ3) is 3.10. The van der Waals surface area contributed by atoms with E-state index >= 15 is 0 Å². The molecule has 0 aliphatic rings. The fourth-order valence-electron chi connectivity index (χ4n) is 1.79. The van der Waals surface area contributed by atoms with Gasteiger partial charge in [0.25, 0.3) is 0 Å². The molecule has 0 aromatic heterocycles. The number of carbonyl (C=O) groups excluding carboxylic acids is 1. The summed E-state index contributed by atoms with van der Waals surface area (Å²) in [5.41, 5.74) is 5.77. The number of urea groups is 1. The molecule has 1 rings (SSSR count). The first-order valence-electron chi connectivity index (χ1n) is 6.03. The predicted molar refractivity (Wildman–Crippen MR) is 79.6 cm³/mol. The van der Waals surface area contributed by atoms with Crippen LogP contribution in [-0.4, -0.2) is 52.3 Å². The minimum Gasteiger partial charge on any atom is -0.494 e. The fourth-order valence-corrected chi connectivity index (χ4v) is 1.79. The molecular formula is C13H20N4O4. The van der Waals surface area contributed by atoms with E-state index < -0.39 is 12.0 Å². The number of hydrogen-bond acceptors (Lipinski definition) is 5. The van der Waals surface area contributed by atoms with Crippen LogP contribution in [0.2, 0.25) is 0 Å². The van der Waals surface area contributed by atoms with Gasteiger partial charge in [-0.1, -0.05) is 0 Å². The lowest BCUT2D eigenvalue weighted by Crippen LogP contribution is -2.47. The lowest BCUT2D eigenvalue weighted by molar-refractivity contribution is 0.226. The van der Waals surface area contributed by atoms with Gasteiger partial charge in [0.05, 0.1) is 21.3 Å². The van der Waals surface area contributed by atoms with Crippen molar-refractivity contribution >= 4 is 17.7 Å². The molecule has 3 N–H and O–H groups in total. The molecular weight excluding hydrogens is 276 g/mol. The summed E-state index contributed by atoms with van der Waals surface area (Å²) in [6.45, 7) is 0. The van der Waals surface area contributed by atoms with E-state index in [1.165, 1.54) is 26.2 Å². The van der Waals surface area contributed by atoms with E-state index in [1.54, 1.807) is 26.2 Å². The lowest BCUT2D eigenvalue weighted by Gasteiger charge is -2.27.